The molecule has 2 aliphatic heterocycles. The van der Waals surface area contributed by atoms with Crippen LogP contribution < -0.4 is 0 Å². The number of hydrogen-bond acceptors (Lipinski definition) is 3. The molecular weight excluding hydrogens is 338 g/mol. The van der Waals surface area contributed by atoms with Gasteiger partial charge in [0.1, 0.15) is 0 Å². The second kappa shape index (κ2) is 7.45. The van der Waals surface area contributed by atoms with Gasteiger partial charge in [0.25, 0.3) is 0 Å². The highest BCUT2D eigenvalue weighted by molar-refractivity contribution is 5.70. The van der Waals surface area contributed by atoms with E-state index in [0.29, 0.717) is 12.1 Å². The standard InChI is InChI=1S/C23H27NO3/c25-16-23(13-18-4-2-1-3-5-18)14-20-10-11-21(23)24(20)15-19-8-6-17(7-9-19)12-22(26)27/h1-9,20-21,25H,10-16H2,(H,26,27)/t20-,21+,23-/m1/s1. The summed E-state index contributed by atoms with van der Waals surface area (Å²) >= 11 is 0. The summed E-state index contributed by atoms with van der Waals surface area (Å²) in [5.74, 6) is -0.797. The molecule has 0 saturated carbocycles. The topological polar surface area (TPSA) is 60.8 Å². The molecule has 142 valence electrons. The molecule has 2 heterocycles. The number of aliphatic hydroxyl groups excluding tert-OH is 1. The highest BCUT2D eigenvalue weighted by Gasteiger charge is 2.55. The van der Waals surface area contributed by atoms with E-state index >= 15 is 0 Å². The summed E-state index contributed by atoms with van der Waals surface area (Å²) in [7, 11) is 0. The number of aliphatic hydroxyl groups is 1. The van der Waals surface area contributed by atoms with Crippen molar-refractivity contribution < 1.29 is 15.0 Å². The minimum Gasteiger partial charge on any atom is -0.481 e. The van der Waals surface area contributed by atoms with Gasteiger partial charge >= 0.3 is 5.97 Å². The number of hydrogen-bond donors (Lipinski definition) is 2. The van der Waals surface area contributed by atoms with E-state index in [1.807, 2.05) is 30.3 Å². The zero-order chi connectivity index (χ0) is 18.9. The van der Waals surface area contributed by atoms with Gasteiger partial charge < -0.3 is 10.2 Å². The Balaban J connectivity index is 1.49. The fraction of sp³-hybridized carbons (Fsp3) is 0.435. The number of nitrogens with zero attached hydrogens (tertiary/aromatic N) is 1. The van der Waals surface area contributed by atoms with Crippen molar-refractivity contribution in [1.82, 2.24) is 4.90 Å². The van der Waals surface area contributed by atoms with Crippen molar-refractivity contribution in [3.05, 3.63) is 71.3 Å². The Kier molecular flexibility index (Phi) is 5.02. The molecule has 4 rings (SSSR count). The van der Waals surface area contributed by atoms with Crippen LogP contribution in [0.25, 0.3) is 0 Å². The Morgan fingerprint density at radius 2 is 1.70 bits per heavy atom. The van der Waals surface area contributed by atoms with Gasteiger partial charge in [-0.15, -0.1) is 0 Å². The van der Waals surface area contributed by atoms with E-state index in [1.165, 1.54) is 17.5 Å². The average molecular weight is 365 g/mol. The Morgan fingerprint density at radius 1 is 1.00 bits per heavy atom. The van der Waals surface area contributed by atoms with Gasteiger partial charge in [0.05, 0.1) is 13.0 Å². The minimum atomic E-state index is -0.797. The van der Waals surface area contributed by atoms with Crippen LogP contribution in [0.15, 0.2) is 54.6 Å². The zero-order valence-corrected chi connectivity index (χ0v) is 15.6. The minimum absolute atomic E-state index is 0.0481. The van der Waals surface area contributed by atoms with Crippen molar-refractivity contribution in [1.29, 1.82) is 0 Å². The van der Waals surface area contributed by atoms with E-state index in [0.717, 1.165) is 31.4 Å². The van der Waals surface area contributed by atoms with Gasteiger partial charge in [0, 0.05) is 24.0 Å². The predicted molar refractivity (Wildman–Crippen MR) is 104 cm³/mol. The molecular formula is C23H27NO3. The molecule has 0 aliphatic carbocycles. The maximum Gasteiger partial charge on any atom is 0.307 e. The van der Waals surface area contributed by atoms with Crippen LogP contribution in [-0.4, -0.2) is 39.8 Å². The third-order valence-corrected chi connectivity index (χ3v) is 6.45. The molecule has 4 heteroatoms. The Labute approximate surface area is 160 Å². The molecule has 2 aromatic rings. The van der Waals surface area contributed by atoms with E-state index < -0.39 is 5.97 Å². The van der Waals surface area contributed by atoms with Crippen molar-refractivity contribution >= 4 is 5.97 Å². The molecule has 27 heavy (non-hydrogen) atoms. The first-order valence-electron chi connectivity index (χ1n) is 9.80. The Bertz CT molecular complexity index is 789. The number of carboxylic acid groups (broad SMARTS) is 1. The van der Waals surface area contributed by atoms with E-state index in [9.17, 15) is 9.90 Å². The Hall–Kier alpha value is -2.17. The second-order valence-corrected chi connectivity index (χ2v) is 8.19. The van der Waals surface area contributed by atoms with Crippen molar-refractivity contribution in [3.63, 3.8) is 0 Å². The molecule has 0 aromatic heterocycles. The van der Waals surface area contributed by atoms with Gasteiger partial charge in [-0.1, -0.05) is 54.6 Å². The molecule has 0 amide bonds. The number of benzene rings is 2. The largest absolute Gasteiger partial charge is 0.481 e. The number of carbonyl (C=O) groups is 1. The van der Waals surface area contributed by atoms with Gasteiger partial charge in [0.2, 0.25) is 0 Å². The third kappa shape index (κ3) is 3.64. The summed E-state index contributed by atoms with van der Waals surface area (Å²) in [4.78, 5) is 13.4. The number of aliphatic carboxylic acids is 1. The van der Waals surface area contributed by atoms with E-state index in [4.69, 9.17) is 5.11 Å². The fourth-order valence-corrected chi connectivity index (χ4v) is 5.22. The molecule has 2 bridgehead atoms. The normalized spacial score (nSPS) is 27.1. The van der Waals surface area contributed by atoms with Crippen molar-refractivity contribution in [2.45, 2.75) is 50.7 Å². The van der Waals surface area contributed by atoms with E-state index in [1.54, 1.807) is 0 Å². The van der Waals surface area contributed by atoms with Crippen molar-refractivity contribution in [2.24, 2.45) is 5.41 Å². The van der Waals surface area contributed by atoms with Crippen LogP contribution in [0.4, 0.5) is 0 Å². The van der Waals surface area contributed by atoms with Crippen LogP contribution in [0.1, 0.15) is 36.0 Å². The maximum atomic E-state index is 10.8. The van der Waals surface area contributed by atoms with Gasteiger partial charge in [0.15, 0.2) is 0 Å². The maximum absolute atomic E-state index is 10.8. The smallest absolute Gasteiger partial charge is 0.307 e. The van der Waals surface area contributed by atoms with Crippen LogP contribution in [0.2, 0.25) is 0 Å². The summed E-state index contributed by atoms with van der Waals surface area (Å²) in [6.45, 7) is 1.11. The van der Waals surface area contributed by atoms with Crippen LogP contribution in [0.3, 0.4) is 0 Å². The van der Waals surface area contributed by atoms with Gasteiger partial charge in [-0.2, -0.15) is 0 Å². The van der Waals surface area contributed by atoms with Crippen LogP contribution >= 0.6 is 0 Å². The molecule has 0 radical (unpaired) electrons. The van der Waals surface area contributed by atoms with E-state index in [-0.39, 0.29) is 18.4 Å². The molecule has 0 unspecified atom stereocenters. The number of fused-ring (bicyclic) bond motifs is 2. The van der Waals surface area contributed by atoms with Gasteiger partial charge in [-0.3, -0.25) is 9.69 Å². The zero-order valence-electron chi connectivity index (χ0n) is 15.6. The average Bonchev–Trinajstić information content (AvgIpc) is 3.18. The third-order valence-electron chi connectivity index (χ3n) is 6.45. The van der Waals surface area contributed by atoms with Crippen LogP contribution in [0, 0.1) is 5.41 Å². The second-order valence-electron chi connectivity index (χ2n) is 8.19. The highest BCUT2D eigenvalue weighted by atomic mass is 16.4. The van der Waals surface area contributed by atoms with Gasteiger partial charge in [-0.25, -0.2) is 0 Å². The summed E-state index contributed by atoms with van der Waals surface area (Å²) in [6.07, 6.45) is 4.41. The van der Waals surface area contributed by atoms with E-state index in [2.05, 4.69) is 29.2 Å². The SMILES string of the molecule is O=C(O)Cc1ccc(CN2[C@@H]3CC[C@H]2[C@](CO)(Cc2ccccc2)C3)cc1. The highest BCUT2D eigenvalue weighted by Crippen LogP contribution is 2.51. The molecule has 0 spiro atoms. The number of carboxylic acids is 1. The quantitative estimate of drug-likeness (QED) is 0.791. The first-order valence-corrected chi connectivity index (χ1v) is 9.80. The van der Waals surface area contributed by atoms with Crippen molar-refractivity contribution in [2.75, 3.05) is 6.61 Å². The summed E-state index contributed by atoms with van der Waals surface area (Å²) in [5, 5.41) is 19.2. The first kappa shape index (κ1) is 18.2. The molecule has 2 saturated heterocycles. The molecule has 2 fully saturated rings. The van der Waals surface area contributed by atoms with Crippen molar-refractivity contribution in [3.8, 4) is 0 Å². The molecule has 3 atom stereocenters. The Morgan fingerprint density at radius 3 is 2.37 bits per heavy atom. The van der Waals surface area contributed by atoms with Crippen LogP contribution in [-0.2, 0) is 24.2 Å². The molecule has 2 N–H and O–H groups in total. The number of rotatable bonds is 7. The monoisotopic (exact) mass is 365 g/mol. The predicted octanol–water partition coefficient (Wildman–Crippen LogP) is 3.27. The first-order chi connectivity index (χ1) is 13.1. The van der Waals surface area contributed by atoms with Gasteiger partial charge in [-0.05, 0) is 42.4 Å². The molecule has 4 nitrogen and oxygen atoms in total. The lowest BCUT2D eigenvalue weighted by Gasteiger charge is -2.36. The lowest BCUT2D eigenvalue weighted by atomic mass is 9.70. The lowest BCUT2D eigenvalue weighted by Crippen LogP contribution is -2.41. The summed E-state index contributed by atoms with van der Waals surface area (Å²) in [6, 6.07) is 19.4. The van der Waals surface area contributed by atoms with Crippen LogP contribution in [0.5, 0.6) is 0 Å². The molecule has 2 aliphatic rings. The molecule has 2 aromatic carbocycles. The summed E-state index contributed by atoms with van der Waals surface area (Å²) in [5.41, 5.74) is 3.31. The fourth-order valence-electron chi connectivity index (χ4n) is 5.22. The summed E-state index contributed by atoms with van der Waals surface area (Å²) < 4.78 is 0. The lowest BCUT2D eigenvalue weighted by molar-refractivity contribution is -0.136.